The number of pyridine rings is 1. The number of halogens is 1. The molecule has 0 aliphatic carbocycles. The van der Waals surface area contributed by atoms with E-state index >= 15 is 0 Å². The van der Waals surface area contributed by atoms with E-state index in [1.807, 2.05) is 5.32 Å². The lowest BCUT2D eigenvalue weighted by atomic mass is 10.3. The van der Waals surface area contributed by atoms with Crippen molar-refractivity contribution >= 4 is 33.6 Å². The van der Waals surface area contributed by atoms with Crippen LogP contribution in [0.2, 0.25) is 0 Å². The average molecular weight is 297 g/mol. The van der Waals surface area contributed by atoms with Gasteiger partial charge < -0.3 is 5.32 Å². The van der Waals surface area contributed by atoms with E-state index in [2.05, 4.69) is 26.2 Å². The summed E-state index contributed by atoms with van der Waals surface area (Å²) in [7, 11) is 0. The maximum absolute atomic E-state index is 11.4. The standard InChI is InChI=1S/C10H9BrN4O2/c11-7-1-2-8(13-5-7)15-10(17)4-3-9(16)14-6-12/h1-2,5H,3-4H2,(H,14,16)(H,13,15,17). The van der Waals surface area contributed by atoms with Gasteiger partial charge >= 0.3 is 0 Å². The first kappa shape index (κ1) is 13.1. The first-order chi connectivity index (χ1) is 8.11. The highest BCUT2D eigenvalue weighted by Gasteiger charge is 2.07. The van der Waals surface area contributed by atoms with Crippen molar-refractivity contribution in [1.82, 2.24) is 10.3 Å². The number of hydrogen-bond donors (Lipinski definition) is 2. The molecule has 0 aliphatic rings. The molecule has 2 N–H and O–H groups in total. The molecule has 88 valence electrons. The van der Waals surface area contributed by atoms with Crippen molar-refractivity contribution in [3.8, 4) is 6.19 Å². The highest BCUT2D eigenvalue weighted by Crippen LogP contribution is 2.10. The molecule has 0 aliphatic heterocycles. The van der Waals surface area contributed by atoms with E-state index in [0.29, 0.717) is 5.82 Å². The van der Waals surface area contributed by atoms with Crippen LogP contribution in [0, 0.1) is 11.5 Å². The van der Waals surface area contributed by atoms with Gasteiger partial charge in [0.2, 0.25) is 11.8 Å². The Morgan fingerprint density at radius 2 is 2.06 bits per heavy atom. The van der Waals surface area contributed by atoms with Crippen molar-refractivity contribution < 1.29 is 9.59 Å². The van der Waals surface area contributed by atoms with E-state index in [1.165, 1.54) is 6.19 Å². The minimum atomic E-state index is -0.480. The molecule has 0 saturated heterocycles. The minimum Gasteiger partial charge on any atom is -0.311 e. The number of aromatic nitrogens is 1. The molecule has 0 unspecified atom stereocenters. The third-order valence-corrected chi connectivity index (χ3v) is 2.24. The Bertz CT molecular complexity index is 452. The Morgan fingerprint density at radius 1 is 1.35 bits per heavy atom. The Labute approximate surface area is 106 Å². The average Bonchev–Trinajstić information content (AvgIpc) is 2.30. The first-order valence-electron chi connectivity index (χ1n) is 4.71. The highest BCUT2D eigenvalue weighted by atomic mass is 79.9. The number of nitriles is 1. The summed E-state index contributed by atoms with van der Waals surface area (Å²) in [6, 6.07) is 3.38. The summed E-state index contributed by atoms with van der Waals surface area (Å²) < 4.78 is 0.809. The zero-order chi connectivity index (χ0) is 12.7. The quantitative estimate of drug-likeness (QED) is 0.644. The maximum atomic E-state index is 11.4. The number of anilines is 1. The van der Waals surface area contributed by atoms with Gasteiger partial charge in [0.15, 0.2) is 6.19 Å². The number of carbonyl (C=O) groups is 2. The van der Waals surface area contributed by atoms with Crippen LogP contribution in [-0.4, -0.2) is 16.8 Å². The molecular formula is C10H9BrN4O2. The van der Waals surface area contributed by atoms with E-state index in [0.717, 1.165) is 4.47 Å². The van der Waals surface area contributed by atoms with E-state index in [-0.39, 0.29) is 18.7 Å². The van der Waals surface area contributed by atoms with Crippen molar-refractivity contribution in [2.45, 2.75) is 12.8 Å². The fourth-order valence-electron chi connectivity index (χ4n) is 1.01. The monoisotopic (exact) mass is 296 g/mol. The van der Waals surface area contributed by atoms with Crippen LogP contribution in [0.1, 0.15) is 12.8 Å². The number of rotatable bonds is 4. The van der Waals surface area contributed by atoms with Crippen LogP contribution in [-0.2, 0) is 9.59 Å². The predicted molar refractivity (Wildman–Crippen MR) is 63.6 cm³/mol. The second-order valence-electron chi connectivity index (χ2n) is 3.07. The Kier molecular flexibility index (Phi) is 5.10. The zero-order valence-electron chi connectivity index (χ0n) is 8.74. The number of nitrogens with one attached hydrogen (secondary N) is 2. The largest absolute Gasteiger partial charge is 0.311 e. The van der Waals surface area contributed by atoms with Crippen molar-refractivity contribution in [1.29, 1.82) is 5.26 Å². The zero-order valence-corrected chi connectivity index (χ0v) is 10.3. The molecule has 0 fully saturated rings. The van der Waals surface area contributed by atoms with Crippen LogP contribution in [0.5, 0.6) is 0 Å². The van der Waals surface area contributed by atoms with E-state index in [1.54, 1.807) is 18.3 Å². The topological polar surface area (TPSA) is 94.9 Å². The molecule has 1 rings (SSSR count). The normalized spacial score (nSPS) is 9.18. The minimum absolute atomic E-state index is 0.00522. The van der Waals surface area contributed by atoms with Crippen LogP contribution in [0.4, 0.5) is 5.82 Å². The molecule has 6 nitrogen and oxygen atoms in total. The van der Waals surface area contributed by atoms with Crippen molar-refractivity contribution in [2.24, 2.45) is 0 Å². The Hall–Kier alpha value is -1.94. The lowest BCUT2D eigenvalue weighted by Crippen LogP contribution is -2.20. The molecule has 0 bridgehead atoms. The molecule has 0 atom stereocenters. The fraction of sp³-hybridized carbons (Fsp3) is 0.200. The Balaban J connectivity index is 2.37. The summed E-state index contributed by atoms with van der Waals surface area (Å²) in [5.41, 5.74) is 0. The predicted octanol–water partition coefficient (Wildman–Crippen LogP) is 1.16. The van der Waals surface area contributed by atoms with Crippen LogP contribution in [0.15, 0.2) is 22.8 Å². The number of amides is 2. The molecule has 1 aromatic heterocycles. The van der Waals surface area contributed by atoms with Gasteiger partial charge in [0.1, 0.15) is 5.82 Å². The summed E-state index contributed by atoms with van der Waals surface area (Å²) in [5, 5.41) is 12.6. The number of nitrogens with zero attached hydrogens (tertiary/aromatic N) is 2. The van der Waals surface area contributed by atoms with Crippen molar-refractivity contribution in [2.75, 3.05) is 5.32 Å². The summed E-state index contributed by atoms with van der Waals surface area (Å²) in [6.07, 6.45) is 3.03. The third-order valence-electron chi connectivity index (χ3n) is 1.77. The van der Waals surface area contributed by atoms with Gasteiger partial charge in [-0.1, -0.05) is 0 Å². The van der Waals surface area contributed by atoms with Gasteiger partial charge in [-0.3, -0.25) is 14.9 Å². The summed E-state index contributed by atoms with van der Waals surface area (Å²) in [5.74, 6) is -0.391. The van der Waals surface area contributed by atoms with E-state index in [4.69, 9.17) is 5.26 Å². The molecule has 0 radical (unpaired) electrons. The first-order valence-corrected chi connectivity index (χ1v) is 5.50. The van der Waals surface area contributed by atoms with Gasteiger partial charge in [-0.05, 0) is 28.1 Å². The van der Waals surface area contributed by atoms with Crippen LogP contribution in [0.25, 0.3) is 0 Å². The number of carbonyl (C=O) groups excluding carboxylic acids is 2. The van der Waals surface area contributed by atoms with Crippen LogP contribution in [0.3, 0.4) is 0 Å². The van der Waals surface area contributed by atoms with Gasteiger partial charge in [0.05, 0.1) is 0 Å². The van der Waals surface area contributed by atoms with E-state index < -0.39 is 5.91 Å². The molecule has 2 amide bonds. The molecule has 0 spiro atoms. The molecule has 7 heteroatoms. The maximum Gasteiger partial charge on any atom is 0.233 e. The molecule has 0 saturated carbocycles. The molecule has 1 heterocycles. The summed E-state index contributed by atoms with van der Waals surface area (Å²) in [6.45, 7) is 0. The fourth-order valence-corrected chi connectivity index (χ4v) is 1.24. The highest BCUT2D eigenvalue weighted by molar-refractivity contribution is 9.10. The Morgan fingerprint density at radius 3 is 2.65 bits per heavy atom. The van der Waals surface area contributed by atoms with Gasteiger partial charge in [0, 0.05) is 23.5 Å². The van der Waals surface area contributed by atoms with Crippen molar-refractivity contribution in [3.05, 3.63) is 22.8 Å². The second-order valence-corrected chi connectivity index (χ2v) is 3.99. The smallest absolute Gasteiger partial charge is 0.233 e. The lowest BCUT2D eigenvalue weighted by molar-refractivity contribution is -0.123. The molecule has 1 aromatic rings. The molecule has 17 heavy (non-hydrogen) atoms. The summed E-state index contributed by atoms with van der Waals surface area (Å²) in [4.78, 5) is 26.2. The van der Waals surface area contributed by atoms with Crippen LogP contribution < -0.4 is 10.6 Å². The van der Waals surface area contributed by atoms with Gasteiger partial charge in [-0.15, -0.1) is 0 Å². The molecule has 0 aromatic carbocycles. The van der Waals surface area contributed by atoms with E-state index in [9.17, 15) is 9.59 Å². The number of hydrogen-bond acceptors (Lipinski definition) is 4. The van der Waals surface area contributed by atoms with Gasteiger partial charge in [0.25, 0.3) is 0 Å². The SMILES string of the molecule is N#CNC(=O)CCC(=O)Nc1ccc(Br)cn1. The van der Waals surface area contributed by atoms with Gasteiger partial charge in [-0.2, -0.15) is 5.26 Å². The van der Waals surface area contributed by atoms with Crippen molar-refractivity contribution in [3.63, 3.8) is 0 Å². The summed E-state index contributed by atoms with van der Waals surface area (Å²) >= 11 is 3.22. The second kappa shape index (κ2) is 6.60. The lowest BCUT2D eigenvalue weighted by Gasteiger charge is -2.03. The molecular weight excluding hydrogens is 288 g/mol. The van der Waals surface area contributed by atoms with Gasteiger partial charge in [-0.25, -0.2) is 4.98 Å². The van der Waals surface area contributed by atoms with Crippen LogP contribution >= 0.6 is 15.9 Å². The third kappa shape index (κ3) is 5.08.